The van der Waals surface area contributed by atoms with Gasteiger partial charge in [0.1, 0.15) is 5.82 Å². The molecule has 0 saturated carbocycles. The van der Waals surface area contributed by atoms with Gasteiger partial charge in [-0.25, -0.2) is 18.2 Å². The average molecular weight is 519 g/mol. The van der Waals surface area contributed by atoms with Gasteiger partial charge in [0.2, 0.25) is 10.0 Å². The van der Waals surface area contributed by atoms with Crippen LogP contribution in [0, 0.1) is 22.9 Å². The van der Waals surface area contributed by atoms with Crippen molar-refractivity contribution in [3.8, 4) is 0 Å². The van der Waals surface area contributed by atoms with Crippen LogP contribution in [0.25, 0.3) is 0 Å². The molecule has 0 aliphatic heterocycles. The Morgan fingerprint density at radius 3 is 2.43 bits per heavy atom. The molecule has 0 unspecified atom stereocenters. The highest BCUT2D eigenvalue weighted by Crippen LogP contribution is 2.21. The topological polar surface area (TPSA) is 122 Å². The quantitative estimate of drug-likeness (QED) is 0.260. The van der Waals surface area contributed by atoms with Crippen LogP contribution in [0.2, 0.25) is 5.02 Å². The van der Waals surface area contributed by atoms with Crippen LogP contribution in [0.5, 0.6) is 0 Å². The van der Waals surface area contributed by atoms with E-state index in [2.05, 4.69) is 10.5 Å². The molecule has 182 valence electrons. The highest BCUT2D eigenvalue weighted by molar-refractivity contribution is 7.89. The number of sulfonamides is 1. The second-order valence-electron chi connectivity index (χ2n) is 7.47. The molecule has 0 heterocycles. The first-order valence-electron chi connectivity index (χ1n) is 10.1. The largest absolute Gasteiger partial charge is 0.272 e. The fourth-order valence-electron chi connectivity index (χ4n) is 2.99. The van der Waals surface area contributed by atoms with Crippen molar-refractivity contribution in [2.45, 2.75) is 18.4 Å². The van der Waals surface area contributed by atoms with Crippen LogP contribution in [0.3, 0.4) is 0 Å². The minimum atomic E-state index is -4.09. The lowest BCUT2D eigenvalue weighted by Crippen LogP contribution is -2.39. The smallest absolute Gasteiger partial charge is 0.270 e. The van der Waals surface area contributed by atoms with Gasteiger partial charge in [0.15, 0.2) is 0 Å². The maximum absolute atomic E-state index is 13.3. The maximum Gasteiger partial charge on any atom is 0.270 e. The number of carbonyl (C=O) groups is 1. The first-order valence-corrected chi connectivity index (χ1v) is 11.9. The van der Waals surface area contributed by atoms with Crippen LogP contribution < -0.4 is 5.43 Å². The van der Waals surface area contributed by atoms with Crippen molar-refractivity contribution in [1.82, 2.24) is 9.73 Å². The van der Waals surface area contributed by atoms with Crippen molar-refractivity contribution in [2.75, 3.05) is 6.54 Å². The highest BCUT2D eigenvalue weighted by Gasteiger charge is 2.27. The van der Waals surface area contributed by atoms with E-state index in [-0.39, 0.29) is 27.7 Å². The van der Waals surface area contributed by atoms with Crippen LogP contribution in [-0.2, 0) is 21.4 Å². The molecule has 3 aromatic carbocycles. The maximum atomic E-state index is 13.3. The second-order valence-corrected chi connectivity index (χ2v) is 9.81. The molecule has 0 aliphatic rings. The SMILES string of the molecule is Cc1ccc(S(=O)(=O)N(CC(=O)N/N=C\c2cc([N+](=O)[O-])ccc2Cl)Cc2ccc(F)cc2)cc1. The van der Waals surface area contributed by atoms with E-state index in [9.17, 15) is 27.7 Å². The van der Waals surface area contributed by atoms with Gasteiger partial charge in [0, 0.05) is 29.3 Å². The summed E-state index contributed by atoms with van der Waals surface area (Å²) in [7, 11) is -4.09. The molecule has 3 rings (SSSR count). The van der Waals surface area contributed by atoms with E-state index in [4.69, 9.17) is 11.6 Å². The molecule has 0 aliphatic carbocycles. The van der Waals surface area contributed by atoms with E-state index >= 15 is 0 Å². The number of halogens is 2. The summed E-state index contributed by atoms with van der Waals surface area (Å²) in [4.78, 5) is 22.9. The number of nitrogens with one attached hydrogen (secondary N) is 1. The highest BCUT2D eigenvalue weighted by atomic mass is 35.5. The lowest BCUT2D eigenvalue weighted by Gasteiger charge is -2.21. The molecule has 0 radical (unpaired) electrons. The number of nitrogens with zero attached hydrogens (tertiary/aromatic N) is 3. The molecule has 0 fully saturated rings. The summed E-state index contributed by atoms with van der Waals surface area (Å²) in [5.74, 6) is -1.24. The Hall–Kier alpha value is -3.67. The summed E-state index contributed by atoms with van der Waals surface area (Å²) >= 11 is 6.00. The van der Waals surface area contributed by atoms with Crippen molar-refractivity contribution in [1.29, 1.82) is 0 Å². The van der Waals surface area contributed by atoms with Crippen LogP contribution in [0.1, 0.15) is 16.7 Å². The number of benzene rings is 3. The third-order valence-electron chi connectivity index (χ3n) is 4.83. The van der Waals surface area contributed by atoms with E-state index in [1.165, 1.54) is 54.6 Å². The van der Waals surface area contributed by atoms with Crippen LogP contribution in [0.4, 0.5) is 10.1 Å². The number of carbonyl (C=O) groups excluding carboxylic acids is 1. The lowest BCUT2D eigenvalue weighted by atomic mass is 10.2. The van der Waals surface area contributed by atoms with E-state index in [0.717, 1.165) is 16.1 Å². The molecule has 0 atom stereocenters. The zero-order valence-electron chi connectivity index (χ0n) is 18.4. The molecule has 1 N–H and O–H groups in total. The summed E-state index contributed by atoms with van der Waals surface area (Å²) in [5, 5.41) is 14.8. The standard InChI is InChI=1S/C23H20ClFN4O5S/c1-16-2-9-21(10-3-16)35(33,34)28(14-17-4-6-19(25)7-5-17)15-23(30)27-26-13-18-12-20(29(31)32)8-11-22(18)24/h2-13H,14-15H2,1H3,(H,27,30)/b26-13-. The summed E-state index contributed by atoms with van der Waals surface area (Å²) in [6.45, 7) is 1.03. The van der Waals surface area contributed by atoms with Gasteiger partial charge in [-0.15, -0.1) is 0 Å². The van der Waals surface area contributed by atoms with Gasteiger partial charge >= 0.3 is 0 Å². The van der Waals surface area contributed by atoms with Gasteiger partial charge in [0.05, 0.1) is 22.6 Å². The minimum absolute atomic E-state index is 0.00936. The van der Waals surface area contributed by atoms with Crippen molar-refractivity contribution in [2.24, 2.45) is 5.10 Å². The monoisotopic (exact) mass is 518 g/mol. The van der Waals surface area contributed by atoms with Crippen LogP contribution >= 0.6 is 11.6 Å². The Bertz CT molecular complexity index is 1360. The van der Waals surface area contributed by atoms with Crippen molar-refractivity contribution >= 4 is 39.4 Å². The van der Waals surface area contributed by atoms with Gasteiger partial charge < -0.3 is 0 Å². The molecule has 0 bridgehead atoms. The van der Waals surface area contributed by atoms with Crippen LogP contribution in [-0.4, -0.2) is 36.3 Å². The Morgan fingerprint density at radius 2 is 1.80 bits per heavy atom. The lowest BCUT2D eigenvalue weighted by molar-refractivity contribution is -0.384. The van der Waals surface area contributed by atoms with Gasteiger partial charge in [-0.1, -0.05) is 41.4 Å². The molecular weight excluding hydrogens is 499 g/mol. The predicted octanol–water partition coefficient (Wildman–Crippen LogP) is 4.04. The number of hydrogen-bond acceptors (Lipinski definition) is 6. The van der Waals surface area contributed by atoms with E-state index < -0.39 is 33.2 Å². The normalized spacial score (nSPS) is 11.7. The van der Waals surface area contributed by atoms with E-state index in [1.54, 1.807) is 12.1 Å². The Morgan fingerprint density at radius 1 is 1.14 bits per heavy atom. The minimum Gasteiger partial charge on any atom is -0.272 e. The number of hydrogen-bond donors (Lipinski definition) is 1. The van der Waals surface area contributed by atoms with Crippen LogP contribution in [0.15, 0.2) is 76.7 Å². The summed E-state index contributed by atoms with van der Waals surface area (Å²) < 4.78 is 40.7. The van der Waals surface area contributed by atoms with Gasteiger partial charge in [-0.05, 0) is 42.8 Å². The van der Waals surface area contributed by atoms with Crippen molar-refractivity contribution < 1.29 is 22.5 Å². The summed E-state index contributed by atoms with van der Waals surface area (Å²) in [6.07, 6.45) is 1.12. The molecular formula is C23H20ClFN4O5S. The number of nitro benzene ring substituents is 1. The first kappa shape index (κ1) is 25.9. The zero-order valence-corrected chi connectivity index (χ0v) is 20.0. The number of amides is 1. The van der Waals surface area contributed by atoms with E-state index in [1.807, 2.05) is 6.92 Å². The second kappa shape index (κ2) is 11.2. The Kier molecular flexibility index (Phi) is 8.28. The first-order chi connectivity index (χ1) is 16.6. The predicted molar refractivity (Wildman–Crippen MR) is 129 cm³/mol. The summed E-state index contributed by atoms with van der Waals surface area (Å²) in [5.41, 5.74) is 3.52. The molecule has 35 heavy (non-hydrogen) atoms. The third-order valence-corrected chi connectivity index (χ3v) is 6.98. The molecule has 12 heteroatoms. The molecule has 3 aromatic rings. The fraction of sp³-hybridized carbons (Fsp3) is 0.130. The average Bonchev–Trinajstić information content (AvgIpc) is 2.81. The number of rotatable bonds is 9. The van der Waals surface area contributed by atoms with Gasteiger partial charge in [-0.2, -0.15) is 9.41 Å². The Balaban J connectivity index is 1.80. The molecule has 0 spiro atoms. The number of non-ortho nitro benzene ring substituents is 1. The molecule has 0 saturated heterocycles. The van der Waals surface area contributed by atoms with Crippen molar-refractivity contribution in [3.05, 3.63) is 104 Å². The number of aryl methyl sites for hydroxylation is 1. The number of hydrazone groups is 1. The van der Waals surface area contributed by atoms with Gasteiger partial charge in [-0.3, -0.25) is 14.9 Å². The zero-order chi connectivity index (χ0) is 25.6. The van der Waals surface area contributed by atoms with E-state index in [0.29, 0.717) is 5.56 Å². The molecule has 9 nitrogen and oxygen atoms in total. The summed E-state index contributed by atoms with van der Waals surface area (Å²) in [6, 6.07) is 15.1. The third kappa shape index (κ3) is 6.92. The fourth-order valence-corrected chi connectivity index (χ4v) is 4.54. The van der Waals surface area contributed by atoms with Gasteiger partial charge in [0.25, 0.3) is 11.6 Å². The molecule has 1 amide bonds. The number of nitro groups is 1. The van der Waals surface area contributed by atoms with Crippen molar-refractivity contribution in [3.63, 3.8) is 0 Å². The molecule has 0 aromatic heterocycles. The Labute approximate surface area is 206 Å².